The molecule has 6 heteroatoms. The van der Waals surface area contributed by atoms with Gasteiger partial charge in [0.2, 0.25) is 0 Å². The average Bonchev–Trinajstić information content (AvgIpc) is 2.76. The van der Waals surface area contributed by atoms with Gasteiger partial charge in [-0.3, -0.25) is 4.21 Å². The first-order valence-corrected chi connectivity index (χ1v) is 13.5. The number of nitrogens with one attached hydrogen (secondary N) is 1. The number of aryl methyl sites for hydroxylation is 1. The van der Waals surface area contributed by atoms with Crippen LogP contribution < -0.4 is 11.1 Å². The number of rotatable bonds is 8. The lowest BCUT2D eigenvalue weighted by molar-refractivity contribution is 0.0795. The molecule has 4 atom stereocenters. The predicted molar refractivity (Wildman–Crippen MR) is 136 cm³/mol. The lowest BCUT2D eigenvalue weighted by Gasteiger charge is -2.35. The fourth-order valence-electron chi connectivity index (χ4n) is 4.52. The molecule has 182 valence electrons. The number of halogens is 1. The summed E-state index contributed by atoms with van der Waals surface area (Å²) in [6.07, 6.45) is 2.54. The first-order chi connectivity index (χ1) is 15.6. The van der Waals surface area contributed by atoms with Crippen molar-refractivity contribution in [3.8, 4) is 0 Å². The van der Waals surface area contributed by atoms with E-state index in [4.69, 9.17) is 5.73 Å². The number of aliphatic hydroxyl groups is 1. The van der Waals surface area contributed by atoms with Gasteiger partial charge in [-0.1, -0.05) is 64.4 Å². The van der Waals surface area contributed by atoms with Crippen molar-refractivity contribution in [1.82, 2.24) is 5.32 Å². The minimum Gasteiger partial charge on any atom is -0.396 e. The molecule has 4 N–H and O–H groups in total. The van der Waals surface area contributed by atoms with Crippen LogP contribution in [-0.2, 0) is 35.6 Å². The summed E-state index contributed by atoms with van der Waals surface area (Å²) in [4.78, 5) is 0. The van der Waals surface area contributed by atoms with Crippen LogP contribution in [0, 0.1) is 11.7 Å². The molecule has 1 aliphatic rings. The summed E-state index contributed by atoms with van der Waals surface area (Å²) in [5.74, 6) is 0.252. The summed E-state index contributed by atoms with van der Waals surface area (Å²) in [6, 6.07) is 11.6. The van der Waals surface area contributed by atoms with Gasteiger partial charge >= 0.3 is 0 Å². The minimum atomic E-state index is -1.03. The van der Waals surface area contributed by atoms with E-state index in [1.807, 2.05) is 6.07 Å². The maximum atomic E-state index is 14.4. The molecule has 0 radical (unpaired) electrons. The van der Waals surface area contributed by atoms with Gasteiger partial charge in [0.1, 0.15) is 5.82 Å². The molecule has 1 unspecified atom stereocenters. The number of anilines is 1. The van der Waals surface area contributed by atoms with Gasteiger partial charge in [0.25, 0.3) is 0 Å². The number of unbranched alkanes of at least 4 members (excludes halogenated alkanes) is 1. The van der Waals surface area contributed by atoms with Crippen LogP contribution in [0.1, 0.15) is 62.8 Å². The highest BCUT2D eigenvalue weighted by Gasteiger charge is 2.35. The number of hydrogen-bond acceptors (Lipinski definition) is 4. The molecule has 1 fully saturated rings. The Balaban J connectivity index is 1.69. The third-order valence-corrected chi connectivity index (χ3v) is 8.13. The molecule has 0 bridgehead atoms. The van der Waals surface area contributed by atoms with Gasteiger partial charge in [0, 0.05) is 40.8 Å². The topological polar surface area (TPSA) is 75.3 Å². The molecule has 0 aliphatic carbocycles. The van der Waals surface area contributed by atoms with Crippen molar-refractivity contribution in [3.63, 3.8) is 0 Å². The van der Waals surface area contributed by atoms with Gasteiger partial charge in [-0.05, 0) is 53.0 Å². The van der Waals surface area contributed by atoms with Crippen LogP contribution >= 0.6 is 0 Å². The van der Waals surface area contributed by atoms with Crippen LogP contribution in [0.2, 0.25) is 0 Å². The molecular formula is C27H39FN2O2S. The van der Waals surface area contributed by atoms with Crippen molar-refractivity contribution >= 4 is 16.5 Å². The Morgan fingerprint density at radius 2 is 1.94 bits per heavy atom. The Morgan fingerprint density at radius 3 is 2.64 bits per heavy atom. The number of nitrogens with two attached hydrogens (primary N) is 1. The molecule has 0 aromatic heterocycles. The Hall–Kier alpha value is -1.76. The molecule has 4 nitrogen and oxygen atoms in total. The normalized spacial score (nSPS) is 23.6. The summed E-state index contributed by atoms with van der Waals surface area (Å²) >= 11 is 0. The third kappa shape index (κ3) is 6.87. The first kappa shape index (κ1) is 25.9. The smallest absolute Gasteiger partial charge is 0.146 e. The number of aliphatic hydroxyl groups excluding tert-OH is 1. The molecule has 2 aromatic carbocycles. The van der Waals surface area contributed by atoms with Gasteiger partial charge in [-0.25, -0.2) is 4.39 Å². The Bertz CT molecular complexity index is 973. The molecule has 33 heavy (non-hydrogen) atoms. The van der Waals surface area contributed by atoms with E-state index in [1.54, 1.807) is 0 Å². The average molecular weight is 475 g/mol. The maximum Gasteiger partial charge on any atom is 0.146 e. The second-order valence-corrected chi connectivity index (χ2v) is 12.0. The minimum absolute atomic E-state index is 0.0668. The Kier molecular flexibility index (Phi) is 8.70. The van der Waals surface area contributed by atoms with Crippen molar-refractivity contribution < 1.29 is 13.7 Å². The van der Waals surface area contributed by atoms with Crippen LogP contribution in [0.3, 0.4) is 0 Å². The fraction of sp³-hybridized carbons (Fsp3) is 0.556. The van der Waals surface area contributed by atoms with E-state index in [9.17, 15) is 13.7 Å². The standard InChI is InChI=1S/C27H39FN2O2S/c1-5-6-9-20-11-19(14-23(28)25(20)29)12-21-16-33(32)17-24(26(21)31)30-15-18-8-7-10-22(13-18)27(2,3)4/h7-8,10-11,13-14,21,24,26,30-31H,5-6,9,12,15-17,29H2,1-4H3/t21-,24+,26+,33?/m1/s1. The molecule has 1 heterocycles. The summed E-state index contributed by atoms with van der Waals surface area (Å²) in [5, 5.41) is 14.5. The highest BCUT2D eigenvalue weighted by Crippen LogP contribution is 2.27. The van der Waals surface area contributed by atoms with Gasteiger partial charge in [-0.15, -0.1) is 0 Å². The molecule has 0 amide bonds. The summed E-state index contributed by atoms with van der Waals surface area (Å²) in [5.41, 5.74) is 10.3. The molecule has 0 saturated carbocycles. The summed E-state index contributed by atoms with van der Waals surface area (Å²) in [6.45, 7) is 9.26. The molecule has 1 aliphatic heterocycles. The zero-order valence-corrected chi connectivity index (χ0v) is 21.2. The van der Waals surface area contributed by atoms with E-state index in [1.165, 1.54) is 11.6 Å². The van der Waals surface area contributed by atoms with E-state index in [2.05, 4.69) is 57.3 Å². The van der Waals surface area contributed by atoms with Crippen molar-refractivity contribution in [2.45, 2.75) is 77.5 Å². The first-order valence-electron chi connectivity index (χ1n) is 12.0. The second-order valence-electron chi connectivity index (χ2n) is 10.4. The van der Waals surface area contributed by atoms with Crippen LogP contribution in [0.25, 0.3) is 0 Å². The predicted octanol–water partition coefficient (Wildman–Crippen LogP) is 4.49. The fourth-order valence-corrected chi connectivity index (χ4v) is 6.16. The van der Waals surface area contributed by atoms with Gasteiger partial charge in [0.05, 0.1) is 11.8 Å². The number of benzene rings is 2. The highest BCUT2D eigenvalue weighted by atomic mass is 32.2. The van der Waals surface area contributed by atoms with Crippen LogP contribution in [0.5, 0.6) is 0 Å². The lowest BCUT2D eigenvalue weighted by atomic mass is 9.86. The van der Waals surface area contributed by atoms with Crippen molar-refractivity contribution in [2.75, 3.05) is 17.2 Å². The SMILES string of the molecule is CCCCc1cc(C[C@@H]2CS(=O)C[C@H](NCc3cccc(C(C)(C)C)c3)[C@H]2O)cc(F)c1N. The van der Waals surface area contributed by atoms with E-state index in [0.717, 1.165) is 36.0 Å². The van der Waals surface area contributed by atoms with E-state index >= 15 is 0 Å². The second kappa shape index (κ2) is 11.1. The monoisotopic (exact) mass is 474 g/mol. The molecule has 3 rings (SSSR count). The summed E-state index contributed by atoms with van der Waals surface area (Å²) < 4.78 is 27.0. The largest absolute Gasteiger partial charge is 0.396 e. The van der Waals surface area contributed by atoms with Gasteiger partial charge in [0.15, 0.2) is 0 Å². The van der Waals surface area contributed by atoms with Gasteiger partial charge < -0.3 is 16.2 Å². The van der Waals surface area contributed by atoms with Crippen LogP contribution in [0.15, 0.2) is 36.4 Å². The molecular weight excluding hydrogens is 435 g/mol. The third-order valence-electron chi connectivity index (χ3n) is 6.59. The summed E-state index contributed by atoms with van der Waals surface area (Å²) in [7, 11) is -1.03. The number of nitrogen functional groups attached to an aromatic ring is 1. The van der Waals surface area contributed by atoms with Crippen molar-refractivity contribution in [2.24, 2.45) is 5.92 Å². The van der Waals surface area contributed by atoms with Crippen molar-refractivity contribution in [3.05, 3.63) is 64.5 Å². The van der Waals surface area contributed by atoms with E-state index in [-0.39, 0.29) is 23.1 Å². The molecule has 2 aromatic rings. The van der Waals surface area contributed by atoms with Crippen molar-refractivity contribution in [1.29, 1.82) is 0 Å². The Labute approximate surface area is 200 Å². The number of hydrogen-bond donors (Lipinski definition) is 3. The highest BCUT2D eigenvalue weighted by molar-refractivity contribution is 7.85. The zero-order valence-electron chi connectivity index (χ0n) is 20.4. The molecule has 1 saturated heterocycles. The quantitative estimate of drug-likeness (QED) is 0.493. The van der Waals surface area contributed by atoms with Gasteiger partial charge in [-0.2, -0.15) is 0 Å². The van der Waals surface area contributed by atoms with E-state index < -0.39 is 22.7 Å². The Morgan fingerprint density at radius 1 is 1.18 bits per heavy atom. The maximum absolute atomic E-state index is 14.4. The molecule has 0 spiro atoms. The van der Waals surface area contributed by atoms with E-state index in [0.29, 0.717) is 24.5 Å². The van der Waals surface area contributed by atoms with Crippen LogP contribution in [-0.4, -0.2) is 33.0 Å². The zero-order chi connectivity index (χ0) is 24.2. The lowest BCUT2D eigenvalue weighted by Crippen LogP contribution is -2.53. The van der Waals surface area contributed by atoms with Crippen LogP contribution in [0.4, 0.5) is 10.1 Å².